The van der Waals surface area contributed by atoms with Crippen LogP contribution in [0.4, 0.5) is 23.2 Å². The molecule has 2 unspecified atom stereocenters. The predicted molar refractivity (Wildman–Crippen MR) is 114 cm³/mol. The number of fused-ring (bicyclic) bond motifs is 1. The van der Waals surface area contributed by atoms with E-state index in [1.807, 2.05) is 13.0 Å². The first-order valence-electron chi connectivity index (χ1n) is 11.1. The smallest absolute Gasteiger partial charge is 0.369 e. The maximum Gasteiger partial charge on any atom is 0.393 e. The van der Waals surface area contributed by atoms with E-state index < -0.39 is 24.2 Å². The van der Waals surface area contributed by atoms with Crippen molar-refractivity contribution in [2.75, 3.05) is 31.1 Å². The normalized spacial score (nSPS) is 27.0. The van der Waals surface area contributed by atoms with E-state index in [1.165, 1.54) is 0 Å². The number of ketones is 1. The van der Waals surface area contributed by atoms with Gasteiger partial charge in [0.1, 0.15) is 12.0 Å². The van der Waals surface area contributed by atoms with E-state index in [0.29, 0.717) is 36.4 Å². The molecule has 2 aliphatic rings. The van der Waals surface area contributed by atoms with Crippen LogP contribution in [-0.2, 0) is 4.79 Å². The lowest BCUT2D eigenvalue weighted by atomic mass is 9.82. The molecule has 174 valence electrons. The van der Waals surface area contributed by atoms with Gasteiger partial charge in [0.25, 0.3) is 0 Å². The summed E-state index contributed by atoms with van der Waals surface area (Å²) < 4.78 is 55.3. The number of nitrogens with zero attached hydrogens (tertiary/aromatic N) is 3. The van der Waals surface area contributed by atoms with Gasteiger partial charge in [-0.2, -0.15) is 13.2 Å². The van der Waals surface area contributed by atoms with Gasteiger partial charge in [-0.25, -0.2) is 4.39 Å². The SMILES string of the molecule is Cc1ncc(N2C[C@H](CC(=O)CC3CCNCC3F)C[C@H](C(F)(F)F)C2)c2cccnc12. The Hall–Kier alpha value is -2.29. The Kier molecular flexibility index (Phi) is 6.65. The highest BCUT2D eigenvalue weighted by Gasteiger charge is 2.45. The number of anilines is 1. The van der Waals surface area contributed by atoms with Gasteiger partial charge in [0.2, 0.25) is 0 Å². The number of aryl methyl sites for hydroxylation is 1. The van der Waals surface area contributed by atoms with Crippen LogP contribution in [-0.4, -0.2) is 54.3 Å². The number of halogens is 4. The number of alkyl halides is 4. The standard InChI is InChI=1S/C23H28F4N4O/c1-14-22-19(3-2-5-29-22)21(11-30-14)31-12-15(7-17(13-31)23(25,26)27)8-18(32)9-16-4-6-28-10-20(16)24/h2-3,5,11,15-17,20,28H,4,6-10,12-13H2,1H3/t15-,16?,17-,20?/m0/s1. The van der Waals surface area contributed by atoms with Crippen molar-refractivity contribution in [1.82, 2.24) is 15.3 Å². The minimum absolute atomic E-state index is 0.0369. The second kappa shape index (κ2) is 9.29. The summed E-state index contributed by atoms with van der Waals surface area (Å²) in [4.78, 5) is 23.0. The molecule has 0 aliphatic carbocycles. The number of carbonyl (C=O) groups is 1. The zero-order chi connectivity index (χ0) is 22.9. The molecule has 4 rings (SSSR count). The molecule has 0 spiro atoms. The van der Waals surface area contributed by atoms with Crippen molar-refractivity contribution in [3.63, 3.8) is 0 Å². The average Bonchev–Trinajstić information content (AvgIpc) is 2.75. The first kappa shape index (κ1) is 22.9. The molecule has 0 radical (unpaired) electrons. The van der Waals surface area contributed by atoms with Crippen molar-refractivity contribution in [3.8, 4) is 0 Å². The highest BCUT2D eigenvalue weighted by Crippen LogP contribution is 2.40. The Labute approximate surface area is 184 Å². The highest BCUT2D eigenvalue weighted by molar-refractivity contribution is 5.92. The maximum absolute atomic E-state index is 14.1. The van der Waals surface area contributed by atoms with Crippen LogP contribution < -0.4 is 10.2 Å². The third-order valence-corrected chi connectivity index (χ3v) is 6.70. The fraction of sp³-hybridized carbons (Fsp3) is 0.609. The predicted octanol–water partition coefficient (Wildman–Crippen LogP) is 4.24. The lowest BCUT2D eigenvalue weighted by molar-refractivity contribution is -0.179. The van der Waals surface area contributed by atoms with E-state index in [-0.39, 0.29) is 44.1 Å². The molecule has 4 atom stereocenters. The number of hydrogen-bond donors (Lipinski definition) is 1. The summed E-state index contributed by atoms with van der Waals surface area (Å²) in [5, 5.41) is 3.71. The fourth-order valence-electron chi connectivity index (χ4n) is 5.03. The molecule has 2 fully saturated rings. The van der Waals surface area contributed by atoms with Crippen LogP contribution in [0, 0.1) is 24.7 Å². The first-order chi connectivity index (χ1) is 15.2. The van der Waals surface area contributed by atoms with Crippen LogP contribution in [0.15, 0.2) is 24.5 Å². The Morgan fingerprint density at radius 2 is 2.06 bits per heavy atom. The maximum atomic E-state index is 14.1. The van der Waals surface area contributed by atoms with Crippen LogP contribution in [0.3, 0.4) is 0 Å². The topological polar surface area (TPSA) is 58.1 Å². The summed E-state index contributed by atoms with van der Waals surface area (Å²) in [6, 6.07) is 3.59. The number of pyridine rings is 2. The molecular formula is C23H28F4N4O. The second-order valence-electron chi connectivity index (χ2n) is 9.09. The molecular weight excluding hydrogens is 424 g/mol. The van der Waals surface area contributed by atoms with Gasteiger partial charge < -0.3 is 10.2 Å². The van der Waals surface area contributed by atoms with Gasteiger partial charge in [0.05, 0.1) is 29.0 Å². The zero-order valence-electron chi connectivity index (χ0n) is 18.0. The monoisotopic (exact) mass is 452 g/mol. The number of piperidine rings is 2. The molecule has 0 bridgehead atoms. The van der Waals surface area contributed by atoms with Crippen LogP contribution in [0.1, 0.15) is 31.4 Å². The molecule has 9 heteroatoms. The number of nitrogens with one attached hydrogen (secondary N) is 1. The molecule has 4 heterocycles. The summed E-state index contributed by atoms with van der Waals surface area (Å²) in [7, 11) is 0. The van der Waals surface area contributed by atoms with E-state index in [0.717, 1.165) is 5.39 Å². The second-order valence-corrected chi connectivity index (χ2v) is 9.09. The molecule has 2 aromatic rings. The van der Waals surface area contributed by atoms with Crippen molar-refractivity contribution in [2.24, 2.45) is 17.8 Å². The van der Waals surface area contributed by atoms with Gasteiger partial charge in [-0.3, -0.25) is 14.8 Å². The summed E-state index contributed by atoms with van der Waals surface area (Å²) in [5.41, 5.74) is 1.97. The van der Waals surface area contributed by atoms with Crippen LogP contribution in [0.25, 0.3) is 10.9 Å². The van der Waals surface area contributed by atoms with E-state index in [2.05, 4.69) is 15.3 Å². The minimum Gasteiger partial charge on any atom is -0.369 e. The molecule has 2 aromatic heterocycles. The Morgan fingerprint density at radius 1 is 1.25 bits per heavy atom. The number of carbonyl (C=O) groups excluding carboxylic acids is 1. The summed E-state index contributed by atoms with van der Waals surface area (Å²) in [6.07, 6.45) is -1.60. The lowest BCUT2D eigenvalue weighted by Crippen LogP contribution is -2.46. The third kappa shape index (κ3) is 5.03. The number of hydrogen-bond acceptors (Lipinski definition) is 5. The van der Waals surface area contributed by atoms with Gasteiger partial charge in [-0.15, -0.1) is 0 Å². The Balaban J connectivity index is 1.54. The molecule has 1 N–H and O–H groups in total. The molecule has 2 saturated heterocycles. The Morgan fingerprint density at radius 3 is 2.81 bits per heavy atom. The van der Waals surface area contributed by atoms with E-state index >= 15 is 0 Å². The fourth-order valence-corrected chi connectivity index (χ4v) is 5.03. The van der Waals surface area contributed by atoms with Gasteiger partial charge >= 0.3 is 6.18 Å². The molecule has 2 aliphatic heterocycles. The number of aromatic nitrogens is 2. The van der Waals surface area contributed by atoms with Crippen LogP contribution >= 0.6 is 0 Å². The van der Waals surface area contributed by atoms with Gasteiger partial charge in [-0.05, 0) is 50.3 Å². The zero-order valence-corrected chi connectivity index (χ0v) is 18.0. The van der Waals surface area contributed by atoms with Crippen molar-refractivity contribution in [3.05, 3.63) is 30.2 Å². The van der Waals surface area contributed by atoms with E-state index in [4.69, 9.17) is 0 Å². The molecule has 32 heavy (non-hydrogen) atoms. The van der Waals surface area contributed by atoms with Crippen molar-refractivity contribution < 1.29 is 22.4 Å². The van der Waals surface area contributed by atoms with Gasteiger partial charge in [0, 0.05) is 44.1 Å². The number of rotatable bonds is 5. The summed E-state index contributed by atoms with van der Waals surface area (Å²) in [5.74, 6) is -2.48. The molecule has 0 aromatic carbocycles. The van der Waals surface area contributed by atoms with Crippen molar-refractivity contribution >= 4 is 22.4 Å². The largest absolute Gasteiger partial charge is 0.393 e. The molecule has 0 amide bonds. The van der Waals surface area contributed by atoms with Gasteiger partial charge in [-0.1, -0.05) is 0 Å². The third-order valence-electron chi connectivity index (χ3n) is 6.70. The quantitative estimate of drug-likeness (QED) is 0.688. The van der Waals surface area contributed by atoms with Crippen LogP contribution in [0.5, 0.6) is 0 Å². The van der Waals surface area contributed by atoms with Gasteiger partial charge in [0.15, 0.2) is 0 Å². The minimum atomic E-state index is -4.36. The number of Topliss-reactive ketones (excluding diaryl/α,β-unsaturated/α-hetero) is 1. The Bertz CT molecular complexity index is 967. The molecule has 0 saturated carbocycles. The van der Waals surface area contributed by atoms with E-state index in [9.17, 15) is 22.4 Å². The van der Waals surface area contributed by atoms with Crippen molar-refractivity contribution in [2.45, 2.75) is 45.0 Å². The average molecular weight is 452 g/mol. The lowest BCUT2D eigenvalue weighted by Gasteiger charge is -2.40. The van der Waals surface area contributed by atoms with Crippen LogP contribution in [0.2, 0.25) is 0 Å². The van der Waals surface area contributed by atoms with Crippen molar-refractivity contribution in [1.29, 1.82) is 0 Å². The highest BCUT2D eigenvalue weighted by atomic mass is 19.4. The summed E-state index contributed by atoms with van der Waals surface area (Å²) in [6.45, 7) is 2.86. The summed E-state index contributed by atoms with van der Waals surface area (Å²) >= 11 is 0. The molecule has 5 nitrogen and oxygen atoms in total. The first-order valence-corrected chi connectivity index (χ1v) is 11.1. The van der Waals surface area contributed by atoms with E-state index in [1.54, 1.807) is 23.4 Å².